The number of aryl methyl sites for hydroxylation is 1. The summed E-state index contributed by atoms with van der Waals surface area (Å²) >= 11 is 0. The van der Waals surface area contributed by atoms with Crippen molar-refractivity contribution in [2.24, 2.45) is 0 Å². The zero-order valence-electron chi connectivity index (χ0n) is 12.3. The largest absolute Gasteiger partial charge is 0.324 e. The highest BCUT2D eigenvalue weighted by Crippen LogP contribution is 2.22. The molecule has 1 aromatic heterocycles. The number of benzene rings is 1. The fourth-order valence-electron chi connectivity index (χ4n) is 1.78. The van der Waals surface area contributed by atoms with Crippen molar-refractivity contribution in [2.45, 2.75) is 24.9 Å². The summed E-state index contributed by atoms with van der Waals surface area (Å²) in [4.78, 5) is 12.5. The second-order valence-electron chi connectivity index (χ2n) is 4.91. The van der Waals surface area contributed by atoms with Crippen LogP contribution in [0.1, 0.15) is 17.7 Å². The third-order valence-electron chi connectivity index (χ3n) is 2.83. The molecule has 0 aliphatic carbocycles. The van der Waals surface area contributed by atoms with Crippen LogP contribution < -0.4 is 5.32 Å². The molecule has 23 heavy (non-hydrogen) atoms. The minimum atomic E-state index is -3.96. The summed E-state index contributed by atoms with van der Waals surface area (Å²) < 4.78 is 48.5. The van der Waals surface area contributed by atoms with Crippen LogP contribution in [0, 0.1) is 6.92 Å². The first-order valence-corrected chi connectivity index (χ1v) is 8.35. The second-order valence-corrected chi connectivity index (χ2v) is 6.84. The van der Waals surface area contributed by atoms with Gasteiger partial charge in [0, 0.05) is 11.9 Å². The lowest BCUT2D eigenvalue weighted by Crippen LogP contribution is -2.20. The van der Waals surface area contributed by atoms with E-state index in [1.807, 2.05) is 6.92 Å². The zero-order valence-corrected chi connectivity index (χ0v) is 13.1. The second kappa shape index (κ2) is 6.41. The lowest BCUT2D eigenvalue weighted by atomic mass is 10.2. The molecule has 124 valence electrons. The van der Waals surface area contributed by atoms with E-state index in [4.69, 9.17) is 0 Å². The fourth-order valence-corrected chi connectivity index (χ4v) is 2.54. The van der Waals surface area contributed by atoms with Crippen LogP contribution in [0.3, 0.4) is 0 Å². The number of carbonyl (C=O) groups excluding carboxylic acids is 1. The quantitative estimate of drug-likeness (QED) is 0.888. The molecule has 1 amide bonds. The van der Waals surface area contributed by atoms with Crippen LogP contribution in [-0.4, -0.2) is 35.6 Å². The molecule has 0 spiro atoms. The predicted molar refractivity (Wildman–Crippen MR) is 77.9 cm³/mol. The third kappa shape index (κ3) is 4.31. The van der Waals surface area contributed by atoms with Gasteiger partial charge in [0.1, 0.15) is 6.54 Å². The zero-order chi connectivity index (χ0) is 17.2. The number of alkyl halides is 2. The minimum absolute atomic E-state index is 0.483. The highest BCUT2D eigenvalue weighted by Gasteiger charge is 2.27. The average Bonchev–Trinajstić information content (AvgIpc) is 2.85. The van der Waals surface area contributed by atoms with Gasteiger partial charge in [0.15, 0.2) is 15.5 Å². The average molecular weight is 344 g/mol. The van der Waals surface area contributed by atoms with Gasteiger partial charge in [0.2, 0.25) is 10.9 Å². The molecule has 0 radical (unpaired) electrons. The smallest absolute Gasteiger partial charge is 0.285 e. The van der Waals surface area contributed by atoms with E-state index >= 15 is 0 Å². The Kier molecular flexibility index (Phi) is 4.73. The van der Waals surface area contributed by atoms with Crippen LogP contribution in [0.25, 0.3) is 0 Å². The molecular formula is C13H14F2N4O3S. The SMILES string of the molecule is Cc1ccc(NC(=O)Cn2nc(C(F)F)c(S(C)(=O)=O)n2)cc1. The van der Waals surface area contributed by atoms with Gasteiger partial charge in [-0.15, -0.1) is 5.10 Å². The first-order valence-electron chi connectivity index (χ1n) is 6.46. The molecular weight excluding hydrogens is 330 g/mol. The molecule has 1 N–H and O–H groups in total. The Morgan fingerprint density at radius 1 is 1.26 bits per heavy atom. The summed E-state index contributed by atoms with van der Waals surface area (Å²) in [5.74, 6) is -0.565. The molecule has 1 heterocycles. The van der Waals surface area contributed by atoms with Gasteiger partial charge in [-0.05, 0) is 19.1 Å². The van der Waals surface area contributed by atoms with Gasteiger partial charge in [-0.2, -0.15) is 9.90 Å². The van der Waals surface area contributed by atoms with Crippen molar-refractivity contribution in [1.29, 1.82) is 0 Å². The van der Waals surface area contributed by atoms with Crippen LogP contribution in [-0.2, 0) is 21.2 Å². The molecule has 0 atom stereocenters. The molecule has 2 rings (SSSR count). The molecule has 0 aliphatic heterocycles. The van der Waals surface area contributed by atoms with E-state index in [1.54, 1.807) is 24.3 Å². The number of rotatable bonds is 5. The van der Waals surface area contributed by atoms with Gasteiger partial charge in [0.25, 0.3) is 6.43 Å². The van der Waals surface area contributed by atoms with Crippen molar-refractivity contribution in [3.8, 4) is 0 Å². The van der Waals surface area contributed by atoms with Crippen LogP contribution in [0.4, 0.5) is 14.5 Å². The highest BCUT2D eigenvalue weighted by molar-refractivity contribution is 7.90. The van der Waals surface area contributed by atoms with Crippen molar-refractivity contribution >= 4 is 21.4 Å². The summed E-state index contributed by atoms with van der Waals surface area (Å²) in [5.41, 5.74) is 0.567. The number of anilines is 1. The molecule has 10 heteroatoms. The third-order valence-corrected chi connectivity index (χ3v) is 3.82. The molecule has 0 saturated carbocycles. The van der Waals surface area contributed by atoms with E-state index in [-0.39, 0.29) is 0 Å². The summed E-state index contributed by atoms with van der Waals surface area (Å²) in [6.07, 6.45) is -2.35. The predicted octanol–water partition coefficient (Wildman–Crippen LogP) is 1.57. The Balaban J connectivity index is 2.16. The number of carbonyl (C=O) groups is 1. The molecule has 1 aromatic carbocycles. The molecule has 2 aromatic rings. The van der Waals surface area contributed by atoms with Crippen molar-refractivity contribution < 1.29 is 22.0 Å². The minimum Gasteiger partial charge on any atom is -0.324 e. The molecule has 7 nitrogen and oxygen atoms in total. The number of amides is 1. The maximum Gasteiger partial charge on any atom is 0.285 e. The van der Waals surface area contributed by atoms with E-state index < -0.39 is 39.4 Å². The number of nitrogens with zero attached hydrogens (tertiary/aromatic N) is 3. The number of halogens is 2. The topological polar surface area (TPSA) is 94.0 Å². The van der Waals surface area contributed by atoms with Crippen molar-refractivity contribution in [1.82, 2.24) is 15.0 Å². The van der Waals surface area contributed by atoms with Crippen LogP contribution in [0.15, 0.2) is 29.3 Å². The van der Waals surface area contributed by atoms with Gasteiger partial charge in [-0.1, -0.05) is 17.7 Å². The van der Waals surface area contributed by atoms with Gasteiger partial charge in [0.05, 0.1) is 0 Å². The molecule has 0 unspecified atom stereocenters. The number of hydrogen-bond acceptors (Lipinski definition) is 5. The Morgan fingerprint density at radius 2 is 1.87 bits per heavy atom. The summed E-state index contributed by atoms with van der Waals surface area (Å²) in [7, 11) is -3.96. The maximum absolute atomic E-state index is 12.8. The maximum atomic E-state index is 12.8. The Hall–Kier alpha value is -2.36. The van der Waals surface area contributed by atoms with E-state index in [0.29, 0.717) is 10.5 Å². The first kappa shape index (κ1) is 17.0. The number of aromatic nitrogens is 3. The lowest BCUT2D eigenvalue weighted by molar-refractivity contribution is -0.117. The van der Waals surface area contributed by atoms with E-state index in [2.05, 4.69) is 15.5 Å². The molecule has 0 fully saturated rings. The van der Waals surface area contributed by atoms with Crippen molar-refractivity contribution in [3.63, 3.8) is 0 Å². The van der Waals surface area contributed by atoms with Gasteiger partial charge in [-0.3, -0.25) is 4.79 Å². The summed E-state index contributed by atoms with van der Waals surface area (Å²) in [6.45, 7) is 1.40. The van der Waals surface area contributed by atoms with Crippen LogP contribution in [0.2, 0.25) is 0 Å². The number of nitrogens with one attached hydrogen (secondary N) is 1. The van der Waals surface area contributed by atoms with Gasteiger partial charge in [-0.25, -0.2) is 17.2 Å². The van der Waals surface area contributed by atoms with Crippen molar-refractivity contribution in [2.75, 3.05) is 11.6 Å². The first-order chi connectivity index (χ1) is 10.7. The molecule has 0 saturated heterocycles. The standard InChI is InChI=1S/C13H14F2N4O3S/c1-8-3-5-9(6-4-8)16-10(20)7-19-17-11(12(14)15)13(18-19)23(2,21)22/h3-6,12H,7H2,1-2H3,(H,16,20). The van der Waals surface area contributed by atoms with Crippen molar-refractivity contribution in [3.05, 3.63) is 35.5 Å². The Bertz CT molecular complexity index is 816. The highest BCUT2D eigenvalue weighted by atomic mass is 32.2. The van der Waals surface area contributed by atoms with Crippen LogP contribution in [0.5, 0.6) is 0 Å². The normalized spacial score (nSPS) is 11.7. The molecule has 0 aliphatic rings. The lowest BCUT2D eigenvalue weighted by Gasteiger charge is -2.04. The van der Waals surface area contributed by atoms with E-state index in [0.717, 1.165) is 11.8 Å². The van der Waals surface area contributed by atoms with Gasteiger partial charge >= 0.3 is 0 Å². The number of sulfone groups is 1. The Morgan fingerprint density at radius 3 is 2.35 bits per heavy atom. The fraction of sp³-hybridized carbons (Fsp3) is 0.308. The summed E-state index contributed by atoms with van der Waals surface area (Å²) in [5, 5.41) is 8.58. The molecule has 0 bridgehead atoms. The van der Waals surface area contributed by atoms with Crippen LogP contribution >= 0.6 is 0 Å². The summed E-state index contributed by atoms with van der Waals surface area (Å²) in [6, 6.07) is 6.93. The van der Waals surface area contributed by atoms with Gasteiger partial charge < -0.3 is 5.32 Å². The Labute approximate surface area is 131 Å². The van der Waals surface area contributed by atoms with E-state index in [9.17, 15) is 22.0 Å². The monoisotopic (exact) mass is 344 g/mol. The van der Waals surface area contributed by atoms with E-state index in [1.165, 1.54) is 0 Å². The number of hydrogen-bond donors (Lipinski definition) is 1.